The molecule has 0 aliphatic carbocycles. The van der Waals surface area contributed by atoms with E-state index in [4.69, 9.17) is 63.7 Å². The molecule has 4 unspecified atom stereocenters. The number of nitrogens with two attached hydrogens (primary N) is 3. The monoisotopic (exact) mass is 1380 g/mol. The number of phosphoric ester groups is 3. The first-order chi connectivity index (χ1) is 40.4. The van der Waals surface area contributed by atoms with Gasteiger partial charge in [-0.05, 0) is 41.5 Å². The fraction of sp³-hybridized carbons (Fsp3) is 0.595. The van der Waals surface area contributed by atoms with Gasteiger partial charge < -0.3 is 84.5 Å². The number of aromatic amines is 2. The predicted molar refractivity (Wildman–Crippen MR) is 279 cm³/mol. The van der Waals surface area contributed by atoms with Gasteiger partial charge in [-0.25, -0.2) is 37.7 Å². The molecule has 9 rings (SSSR count). The van der Waals surface area contributed by atoms with Crippen LogP contribution in [-0.2, 0) is 90.0 Å². The van der Waals surface area contributed by atoms with Crippen molar-refractivity contribution in [2.24, 2.45) is 17.9 Å². The van der Waals surface area contributed by atoms with Crippen LogP contribution in [0.4, 0.5) is 17.7 Å². The number of fused-ring (bicyclic) bond motifs is 3. The maximum absolute atomic E-state index is 13.8. The average Bonchev–Trinajstić information content (AvgIpc) is 1.68. The summed E-state index contributed by atoms with van der Waals surface area (Å²) in [6.07, 6.45) is -16.4. The Balaban J connectivity index is 0.00000430. The topological polar surface area (TPSA) is 583 Å². The molecule has 0 aromatic carbocycles. The zero-order valence-electron chi connectivity index (χ0n) is 49.6. The minimum atomic E-state index is -6.70. The third-order valence-corrected chi connectivity index (χ3v) is 18.3. The number of methoxy groups -OCH3 is 1. The Hall–Kier alpha value is -3.13. The van der Waals surface area contributed by atoms with Crippen LogP contribution >= 0.6 is 31.3 Å². The molecule has 3 aliphatic heterocycles. The second-order valence-corrected chi connectivity index (χ2v) is 27.6. The molecule has 9 heterocycles. The maximum Gasteiger partial charge on any atom is 1.00 e. The van der Waals surface area contributed by atoms with Crippen molar-refractivity contribution < 1.29 is 206 Å². The number of aryl methyl sites for hydroxylation is 1. The molecule has 0 radical (unpaired) electrons. The van der Waals surface area contributed by atoms with Gasteiger partial charge in [0.25, 0.3) is 40.5 Å². The van der Waals surface area contributed by atoms with Crippen LogP contribution in [0.1, 0.15) is 60.2 Å². The average molecular weight is 1380 g/mol. The predicted octanol–water partition coefficient (Wildman–Crippen LogP) is -12.4. The van der Waals surface area contributed by atoms with Gasteiger partial charge in [-0.2, -0.15) is 4.98 Å². The third kappa shape index (κ3) is 16.6. The van der Waals surface area contributed by atoms with Gasteiger partial charge >= 0.3 is 114 Å². The number of carbonyl (C=O) groups excluding carboxylic acids is 2. The summed E-state index contributed by atoms with van der Waals surface area (Å²) in [7, 11) is -22.5. The van der Waals surface area contributed by atoms with Gasteiger partial charge in [0.2, 0.25) is 17.7 Å². The molecule has 3 aliphatic rings. The largest absolute Gasteiger partial charge is 1.00 e. The Morgan fingerprint density at radius 2 is 1.20 bits per heavy atom. The fourth-order valence-corrected chi connectivity index (χ4v) is 13.4. The van der Waals surface area contributed by atoms with Crippen molar-refractivity contribution in [1.29, 1.82) is 0 Å². The summed E-state index contributed by atoms with van der Waals surface area (Å²) in [6.45, 7) is 5.04. The second-order valence-electron chi connectivity index (χ2n) is 21.7. The number of aromatic nitrogens is 12. The van der Waals surface area contributed by atoms with Crippen LogP contribution in [0, 0.1) is 10.8 Å². The number of nitrogens with zero attached hydrogens (tertiary/aromatic N) is 10. The number of phosphoric acid groups is 4. The second kappa shape index (κ2) is 28.7. The van der Waals surface area contributed by atoms with Crippen molar-refractivity contribution in [1.82, 2.24) is 53.6 Å². The van der Waals surface area contributed by atoms with E-state index in [-0.39, 0.29) is 140 Å². The molecule has 3 saturated heterocycles. The Morgan fingerprint density at radius 3 is 1.79 bits per heavy atom. The number of H-pyrrole nitrogens is 2. The number of rotatable bonds is 21. The molecule has 6 aromatic rings. The van der Waals surface area contributed by atoms with Crippen LogP contribution in [-0.4, -0.2) is 162 Å². The van der Waals surface area contributed by atoms with Crippen molar-refractivity contribution in [3.63, 3.8) is 0 Å². The van der Waals surface area contributed by atoms with Crippen molar-refractivity contribution >= 4 is 94.4 Å². The third-order valence-electron chi connectivity index (χ3n) is 13.2. The molecule has 0 amide bonds. The number of hydrogen-bond acceptors (Lipinski definition) is 34. The number of nitrogens with one attached hydrogen (secondary N) is 2. The number of aliphatic hydroxyl groups is 2. The molecule has 41 nitrogen and oxygen atoms in total. The van der Waals surface area contributed by atoms with Crippen LogP contribution in [0.15, 0.2) is 34.9 Å². The molecular formula is C42H57N15Na3O26P4+. The summed E-state index contributed by atoms with van der Waals surface area (Å²) in [5, 5.41) is 21.8. The molecule has 48 heteroatoms. The van der Waals surface area contributed by atoms with Gasteiger partial charge in [-0.3, -0.25) is 65.6 Å². The van der Waals surface area contributed by atoms with E-state index in [9.17, 15) is 67.2 Å². The van der Waals surface area contributed by atoms with Crippen LogP contribution < -0.4 is 136 Å². The summed E-state index contributed by atoms with van der Waals surface area (Å²) in [5.74, 6) is -2.67. The molecular weight excluding hydrogens is 1320 g/mol. The molecule has 16 atom stereocenters. The summed E-state index contributed by atoms with van der Waals surface area (Å²) >= 11 is 0. The fourth-order valence-electron chi connectivity index (χ4n) is 9.10. The Labute approximate surface area is 572 Å². The first-order valence-corrected chi connectivity index (χ1v) is 31.2. The van der Waals surface area contributed by atoms with Crippen LogP contribution in [0.25, 0.3) is 33.5 Å². The summed E-state index contributed by atoms with van der Waals surface area (Å²) < 4.78 is 122. The molecule has 0 spiro atoms. The maximum atomic E-state index is 13.8. The molecule has 0 saturated carbocycles. The molecule has 6 aromatic heterocycles. The van der Waals surface area contributed by atoms with E-state index in [2.05, 4.69) is 48.5 Å². The number of hydrogen-bond donors (Lipinski definition) is 8. The molecule has 0 bridgehead atoms. The number of imidazole rings is 3. The quantitative estimate of drug-likeness (QED) is 0.0144. The van der Waals surface area contributed by atoms with Gasteiger partial charge in [0.1, 0.15) is 54.6 Å². The van der Waals surface area contributed by atoms with Gasteiger partial charge in [0, 0.05) is 7.11 Å². The van der Waals surface area contributed by atoms with Crippen molar-refractivity contribution in [2.45, 2.75) is 115 Å². The minimum absolute atomic E-state index is 0. The molecule has 3 fully saturated rings. The Kier molecular flexibility index (Phi) is 24.2. The standard InChI is InChI=1S/C42H59N15O26P4.3Na/c1-41(2,3)37(62)79-24-17(77-36(27(24)80-38(63)42(4,5)6)57-15-54(7)21-31(57)51-40(45)53-33(21)61)10-74-85(66,67)82-87(70,71)83-86(68,69)75-11-18-25(26(72-8)35(78-18)55-13-48-19-28(43)46-12-47-29(19)55)81-84(64,65)73-9-16-22(58)23(59)34(76-16)56-14-49-20-30(56)50-39(44)52-32(20)60;;;/h12-18,22-27,34-36,58-59H,9-11H2,1-8H3,(H11-,43,44,45,46,47,50,51,52,53,60,61,64,65,66,67,68,69,70,71);;;/q;3*+1/p-2/t16-,17-,18-,22-,23-,24-,25-,26-,27-,34-,35-,36-;;;/m1.../s1. The van der Waals surface area contributed by atoms with E-state index in [1.807, 2.05) is 0 Å². The molecule has 90 heavy (non-hydrogen) atoms. The minimum Gasteiger partial charge on any atom is -0.756 e. The molecule has 478 valence electrons. The van der Waals surface area contributed by atoms with E-state index in [0.29, 0.717) is 0 Å². The Bertz CT molecular complexity index is 3960. The van der Waals surface area contributed by atoms with E-state index in [1.165, 1.54) is 59.5 Å². The zero-order valence-corrected chi connectivity index (χ0v) is 59.2. The van der Waals surface area contributed by atoms with Crippen molar-refractivity contribution in [3.8, 4) is 0 Å². The van der Waals surface area contributed by atoms with Crippen molar-refractivity contribution in [2.75, 3.05) is 44.1 Å². The SMILES string of the molecule is CO[C@@H]1[C@H](OP(=O)(O)OC[C@H]2O[C@@H](n3cnc4c(=O)[nH]c(N)nc43)[C@H](O)[C@@H]2O)[C@@H](COP(=O)([O-])OP(=O)([O-])OP(=O)([O-])OC[C@H]2O[C@@H]([n+]3cn(C)c4c(=O)[nH]c(N)nc43)[C@H](OC(=O)C(C)(C)C)[C@@H]2OC(=O)C(C)(C)C)O[C@H]1n1cnc2c(N)ncnc21.[Na+].[Na+].[Na+]. The van der Waals surface area contributed by atoms with E-state index in [1.54, 1.807) is 0 Å². The van der Waals surface area contributed by atoms with Gasteiger partial charge in [0.15, 0.2) is 53.6 Å². The molecule has 11 N–H and O–H groups in total. The van der Waals surface area contributed by atoms with E-state index >= 15 is 0 Å². The first-order valence-electron chi connectivity index (χ1n) is 25.4. The summed E-state index contributed by atoms with van der Waals surface area (Å²) in [6, 6.07) is 0. The van der Waals surface area contributed by atoms with Gasteiger partial charge in [-0.1, -0.05) is 4.98 Å². The normalized spacial score (nSPS) is 27.2. The van der Waals surface area contributed by atoms with E-state index < -0.39 is 159 Å². The van der Waals surface area contributed by atoms with Crippen LogP contribution in [0.3, 0.4) is 0 Å². The van der Waals surface area contributed by atoms with Crippen molar-refractivity contribution in [3.05, 3.63) is 46.0 Å². The number of ether oxygens (including phenoxy) is 6. The number of esters is 2. The van der Waals surface area contributed by atoms with E-state index in [0.717, 1.165) is 39.8 Å². The van der Waals surface area contributed by atoms with Gasteiger partial charge in [-0.15, -0.1) is 0 Å². The van der Waals surface area contributed by atoms with Crippen LogP contribution in [0.2, 0.25) is 0 Å². The number of aliphatic hydroxyl groups excluding tert-OH is 2. The van der Waals surface area contributed by atoms with Gasteiger partial charge in [0.05, 0.1) is 50.4 Å². The number of anilines is 3. The zero-order chi connectivity index (χ0) is 63.8. The summed E-state index contributed by atoms with van der Waals surface area (Å²) in [5.41, 5.74) is 12.8. The number of carbonyl (C=O) groups is 2. The summed E-state index contributed by atoms with van der Waals surface area (Å²) in [4.78, 5) is 132. The first kappa shape index (κ1) is 75.9. The van der Waals surface area contributed by atoms with Crippen LogP contribution in [0.5, 0.6) is 0 Å². The number of nitrogen functional groups attached to an aromatic ring is 3. The Morgan fingerprint density at radius 1 is 0.678 bits per heavy atom. The smallest absolute Gasteiger partial charge is 0.756 e.